The Labute approximate surface area is 85.9 Å². The number of nitrogens with zero attached hydrogens (tertiary/aromatic N) is 1. The van der Waals surface area contributed by atoms with Gasteiger partial charge >= 0.3 is 0 Å². The molecule has 5 nitrogen and oxygen atoms in total. The van der Waals surface area contributed by atoms with E-state index in [-0.39, 0.29) is 0 Å². The highest BCUT2D eigenvalue weighted by Gasteiger charge is 2.34. The Kier molecular flexibility index (Phi) is 3.20. The fourth-order valence-electron chi connectivity index (χ4n) is 0.931. The molecule has 0 spiro atoms. The van der Waals surface area contributed by atoms with Crippen LogP contribution >= 0.6 is 11.3 Å². The van der Waals surface area contributed by atoms with E-state index in [4.69, 9.17) is 5.84 Å². The smallest absolute Gasteiger partial charge is 0.272 e. The molecule has 78 valence electrons. The van der Waals surface area contributed by atoms with Gasteiger partial charge in [0.05, 0.1) is 5.69 Å². The predicted molar refractivity (Wildman–Crippen MR) is 53.4 cm³/mol. The zero-order valence-electron chi connectivity index (χ0n) is 8.07. The molecule has 0 aliphatic carbocycles. The standard InChI is InChI=1S/C8H13N3O2S/c1-3-5-4-14-7(10-5)8(2,13)6(12)11-9/h4,13H,3,9H2,1-2H3,(H,11,12)/t8-/m1/s1. The molecular weight excluding hydrogens is 202 g/mol. The predicted octanol–water partition coefficient (Wildman–Crippen LogP) is -0.0971. The third-order valence-electron chi connectivity index (χ3n) is 1.90. The summed E-state index contributed by atoms with van der Waals surface area (Å²) in [5, 5.41) is 12.0. The number of nitrogens with one attached hydrogen (secondary N) is 1. The number of nitrogens with two attached hydrogens (primary N) is 1. The number of thiazole rings is 1. The molecule has 4 N–H and O–H groups in total. The highest BCUT2D eigenvalue weighted by atomic mass is 32.1. The SMILES string of the molecule is CCc1csc([C@](C)(O)C(=O)NN)n1. The van der Waals surface area contributed by atoms with Crippen LogP contribution < -0.4 is 11.3 Å². The minimum Gasteiger partial charge on any atom is -0.374 e. The third kappa shape index (κ3) is 1.92. The molecule has 0 aliphatic rings. The maximum atomic E-state index is 11.2. The topological polar surface area (TPSA) is 88.2 Å². The largest absolute Gasteiger partial charge is 0.374 e. The number of carbonyl (C=O) groups is 1. The van der Waals surface area contributed by atoms with Gasteiger partial charge in [-0.1, -0.05) is 6.92 Å². The molecule has 0 fully saturated rings. The number of aliphatic hydroxyl groups is 1. The van der Waals surface area contributed by atoms with Gasteiger partial charge in [0, 0.05) is 5.38 Å². The Balaban J connectivity index is 2.97. The van der Waals surface area contributed by atoms with E-state index in [1.807, 2.05) is 17.7 Å². The van der Waals surface area contributed by atoms with E-state index < -0.39 is 11.5 Å². The summed E-state index contributed by atoms with van der Waals surface area (Å²) < 4.78 is 0. The lowest BCUT2D eigenvalue weighted by Crippen LogP contribution is -2.45. The first-order chi connectivity index (χ1) is 6.52. The summed E-state index contributed by atoms with van der Waals surface area (Å²) in [5.74, 6) is 4.29. The van der Waals surface area contributed by atoms with E-state index in [1.165, 1.54) is 18.3 Å². The molecule has 1 aromatic heterocycles. The van der Waals surface area contributed by atoms with E-state index in [9.17, 15) is 9.90 Å². The van der Waals surface area contributed by atoms with E-state index in [2.05, 4.69) is 4.98 Å². The van der Waals surface area contributed by atoms with Gasteiger partial charge in [-0.15, -0.1) is 11.3 Å². The molecule has 0 saturated heterocycles. The molecule has 1 heterocycles. The van der Waals surface area contributed by atoms with Crippen molar-refractivity contribution in [3.05, 3.63) is 16.1 Å². The van der Waals surface area contributed by atoms with Crippen molar-refractivity contribution in [1.82, 2.24) is 10.4 Å². The highest BCUT2D eigenvalue weighted by molar-refractivity contribution is 7.10. The fraction of sp³-hybridized carbons (Fsp3) is 0.500. The number of rotatable bonds is 3. The quantitative estimate of drug-likeness (QED) is 0.373. The van der Waals surface area contributed by atoms with E-state index in [0.29, 0.717) is 5.01 Å². The van der Waals surface area contributed by atoms with Crippen LogP contribution in [0.25, 0.3) is 0 Å². The Hall–Kier alpha value is -0.980. The number of hydrogen-bond donors (Lipinski definition) is 3. The number of aromatic nitrogens is 1. The number of carbonyl (C=O) groups excluding carboxylic acids is 1. The van der Waals surface area contributed by atoms with Crippen LogP contribution in [0.2, 0.25) is 0 Å². The van der Waals surface area contributed by atoms with Crippen LogP contribution in [0, 0.1) is 0 Å². The first-order valence-corrected chi connectivity index (χ1v) is 5.08. The lowest BCUT2D eigenvalue weighted by Gasteiger charge is -2.17. The number of amides is 1. The summed E-state index contributed by atoms with van der Waals surface area (Å²) in [6.45, 7) is 3.32. The summed E-state index contributed by atoms with van der Waals surface area (Å²) >= 11 is 1.25. The fourth-order valence-corrected chi connectivity index (χ4v) is 1.89. The van der Waals surface area contributed by atoms with Gasteiger partial charge in [-0.05, 0) is 13.3 Å². The lowest BCUT2D eigenvalue weighted by atomic mass is 10.1. The van der Waals surface area contributed by atoms with Crippen LogP contribution in [0.5, 0.6) is 0 Å². The van der Waals surface area contributed by atoms with Gasteiger partial charge in [-0.25, -0.2) is 10.8 Å². The first kappa shape index (κ1) is 11.1. The molecule has 0 radical (unpaired) electrons. The van der Waals surface area contributed by atoms with Crippen LogP contribution in [0.3, 0.4) is 0 Å². The maximum absolute atomic E-state index is 11.2. The van der Waals surface area contributed by atoms with Crippen molar-refractivity contribution in [3.8, 4) is 0 Å². The number of hydrazine groups is 1. The van der Waals surface area contributed by atoms with Gasteiger partial charge in [0.25, 0.3) is 5.91 Å². The molecule has 1 amide bonds. The molecule has 1 atom stereocenters. The van der Waals surface area contributed by atoms with Crippen LogP contribution in [0.15, 0.2) is 5.38 Å². The summed E-state index contributed by atoms with van der Waals surface area (Å²) in [4.78, 5) is 15.3. The Morgan fingerprint density at radius 3 is 2.93 bits per heavy atom. The van der Waals surface area contributed by atoms with Crippen LogP contribution in [-0.4, -0.2) is 16.0 Å². The molecule has 0 aliphatic heterocycles. The molecule has 0 saturated carbocycles. The summed E-state index contributed by atoms with van der Waals surface area (Å²) in [6, 6.07) is 0. The Morgan fingerprint density at radius 1 is 1.86 bits per heavy atom. The van der Waals surface area contributed by atoms with Gasteiger partial charge in [0.1, 0.15) is 5.01 Å². The number of aryl methyl sites for hydroxylation is 1. The van der Waals surface area contributed by atoms with E-state index in [0.717, 1.165) is 12.1 Å². The molecular formula is C8H13N3O2S. The van der Waals surface area contributed by atoms with Crippen molar-refractivity contribution in [2.75, 3.05) is 0 Å². The van der Waals surface area contributed by atoms with Crippen molar-refractivity contribution in [2.45, 2.75) is 25.9 Å². The first-order valence-electron chi connectivity index (χ1n) is 4.20. The maximum Gasteiger partial charge on any atom is 0.272 e. The zero-order chi connectivity index (χ0) is 10.8. The van der Waals surface area contributed by atoms with Gasteiger partial charge in [-0.2, -0.15) is 0 Å². The summed E-state index contributed by atoms with van der Waals surface area (Å²) in [7, 11) is 0. The van der Waals surface area contributed by atoms with Crippen LogP contribution in [0.1, 0.15) is 24.5 Å². The zero-order valence-corrected chi connectivity index (χ0v) is 8.89. The van der Waals surface area contributed by atoms with Gasteiger partial charge in [0.2, 0.25) is 0 Å². The second-order valence-electron chi connectivity index (χ2n) is 3.04. The molecule has 0 unspecified atom stereocenters. The monoisotopic (exact) mass is 215 g/mol. The van der Waals surface area contributed by atoms with E-state index in [1.54, 1.807) is 0 Å². The summed E-state index contributed by atoms with van der Waals surface area (Å²) in [6.07, 6.45) is 0.775. The lowest BCUT2D eigenvalue weighted by molar-refractivity contribution is -0.139. The van der Waals surface area contributed by atoms with Crippen molar-refractivity contribution in [2.24, 2.45) is 5.84 Å². The molecule has 14 heavy (non-hydrogen) atoms. The highest BCUT2D eigenvalue weighted by Crippen LogP contribution is 2.24. The normalized spacial score (nSPS) is 14.9. The summed E-state index contributed by atoms with van der Waals surface area (Å²) in [5.41, 5.74) is 1.12. The average Bonchev–Trinajstić information content (AvgIpc) is 2.65. The Bertz CT molecular complexity index is 335. The molecule has 0 aromatic carbocycles. The molecule has 6 heteroatoms. The van der Waals surface area contributed by atoms with Crippen molar-refractivity contribution < 1.29 is 9.90 Å². The minimum absolute atomic E-state index is 0.359. The van der Waals surface area contributed by atoms with Crippen molar-refractivity contribution >= 4 is 17.2 Å². The van der Waals surface area contributed by atoms with Gasteiger partial charge in [-0.3, -0.25) is 10.2 Å². The second-order valence-corrected chi connectivity index (χ2v) is 3.90. The van der Waals surface area contributed by atoms with Crippen molar-refractivity contribution in [1.29, 1.82) is 0 Å². The molecule has 0 bridgehead atoms. The molecule has 1 rings (SSSR count). The average molecular weight is 215 g/mol. The third-order valence-corrected chi connectivity index (χ3v) is 3.01. The number of hydrogen-bond acceptors (Lipinski definition) is 5. The molecule has 1 aromatic rings. The minimum atomic E-state index is -1.65. The second kappa shape index (κ2) is 4.04. The van der Waals surface area contributed by atoms with Crippen molar-refractivity contribution in [3.63, 3.8) is 0 Å². The Morgan fingerprint density at radius 2 is 2.50 bits per heavy atom. The van der Waals surface area contributed by atoms with Crippen LogP contribution in [-0.2, 0) is 16.8 Å². The van der Waals surface area contributed by atoms with Gasteiger partial charge in [0.15, 0.2) is 5.60 Å². The van der Waals surface area contributed by atoms with Gasteiger partial charge < -0.3 is 5.11 Å². The van der Waals surface area contributed by atoms with Crippen LogP contribution in [0.4, 0.5) is 0 Å². The van der Waals surface area contributed by atoms with E-state index >= 15 is 0 Å².